The predicted molar refractivity (Wildman–Crippen MR) is 27.2 cm³/mol. The second-order valence-corrected chi connectivity index (χ2v) is 1.30. The molecule has 0 rings (SSSR count). The molecule has 0 aromatic rings. The van der Waals surface area contributed by atoms with Gasteiger partial charge in [-0.05, 0) is 13.8 Å². The predicted octanol–water partition coefficient (Wildman–Crippen LogP) is 0.610. The van der Waals surface area contributed by atoms with Crippen molar-refractivity contribution >= 4 is 6.29 Å². The lowest BCUT2D eigenvalue weighted by molar-refractivity contribution is -0.116. The Morgan fingerprint density at radius 3 is 2.57 bits per heavy atom. The zero-order chi connectivity index (χ0) is 5.70. The molecule has 0 amide bonds. The van der Waals surface area contributed by atoms with E-state index in [2.05, 4.69) is 0 Å². The lowest BCUT2D eigenvalue weighted by Gasteiger charge is -1.99. The van der Waals surface area contributed by atoms with Crippen molar-refractivity contribution in [2.24, 2.45) is 0 Å². The topological polar surface area (TPSA) is 26.3 Å². The van der Waals surface area contributed by atoms with Gasteiger partial charge in [-0.3, -0.25) is 0 Å². The van der Waals surface area contributed by atoms with Crippen molar-refractivity contribution in [2.75, 3.05) is 6.61 Å². The van der Waals surface area contributed by atoms with Crippen LogP contribution in [0.4, 0.5) is 0 Å². The highest BCUT2D eigenvalue weighted by Crippen LogP contribution is 1.81. The maximum absolute atomic E-state index is 9.77. The number of aldehydes is 1. The van der Waals surface area contributed by atoms with Gasteiger partial charge in [-0.15, -0.1) is 0 Å². The van der Waals surface area contributed by atoms with E-state index in [1.165, 1.54) is 0 Å². The number of carbonyl (C=O) groups is 1. The number of carbonyl (C=O) groups excluding carboxylic acids is 1. The van der Waals surface area contributed by atoms with Crippen molar-refractivity contribution in [3.05, 3.63) is 0 Å². The Morgan fingerprint density at radius 2 is 2.43 bits per heavy atom. The molecule has 0 aliphatic rings. The van der Waals surface area contributed by atoms with Gasteiger partial charge in [0.1, 0.15) is 12.4 Å². The molecule has 0 N–H and O–H groups in total. The Kier molecular flexibility index (Phi) is 3.61. The molecular weight excluding hydrogens is 92.1 g/mol. The first kappa shape index (κ1) is 6.63. The Hall–Kier alpha value is -0.370. The molecule has 42 valence electrons. The van der Waals surface area contributed by atoms with Crippen molar-refractivity contribution in [3.63, 3.8) is 0 Å². The summed E-state index contributed by atoms with van der Waals surface area (Å²) in [6.45, 7) is 4.19. The van der Waals surface area contributed by atoms with Crippen LogP contribution in [0.5, 0.6) is 0 Å². The molecule has 7 heavy (non-hydrogen) atoms. The summed E-state index contributed by atoms with van der Waals surface area (Å²) < 4.78 is 4.82. The van der Waals surface area contributed by atoms with E-state index < -0.39 is 0 Å². The smallest absolute Gasteiger partial charge is 0.148 e. The fraction of sp³-hybridized carbons (Fsp3) is 0.800. The normalized spacial score (nSPS) is 13.4. The second kappa shape index (κ2) is 3.81. The molecule has 0 fully saturated rings. The summed E-state index contributed by atoms with van der Waals surface area (Å²) in [7, 11) is 0. The number of hydrogen-bond acceptors (Lipinski definition) is 2. The molecule has 1 atom stereocenters. The van der Waals surface area contributed by atoms with Crippen LogP contribution in [0, 0.1) is 0 Å². The fourth-order valence-corrected chi connectivity index (χ4v) is 0.302. The Bertz CT molecular complexity index is 52.0. The van der Waals surface area contributed by atoms with Crippen molar-refractivity contribution in [3.8, 4) is 0 Å². The minimum Gasteiger partial charge on any atom is -0.371 e. The lowest BCUT2D eigenvalue weighted by atomic mass is 10.5. The molecule has 0 saturated heterocycles. The van der Waals surface area contributed by atoms with Crippen LogP contribution in [0.2, 0.25) is 0 Å². The van der Waals surface area contributed by atoms with E-state index in [9.17, 15) is 4.79 Å². The van der Waals surface area contributed by atoms with E-state index in [0.29, 0.717) is 6.61 Å². The van der Waals surface area contributed by atoms with Crippen molar-refractivity contribution in [1.82, 2.24) is 0 Å². The molecule has 0 radical (unpaired) electrons. The Labute approximate surface area is 43.5 Å². The number of hydrogen-bond donors (Lipinski definition) is 0. The first-order valence-corrected chi connectivity index (χ1v) is 2.38. The third-order valence-corrected chi connectivity index (χ3v) is 0.621. The van der Waals surface area contributed by atoms with Gasteiger partial charge in [0.2, 0.25) is 0 Å². The highest BCUT2D eigenvalue weighted by Gasteiger charge is 1.92. The van der Waals surface area contributed by atoms with Crippen molar-refractivity contribution in [1.29, 1.82) is 0 Å². The maximum atomic E-state index is 9.77. The molecule has 0 unspecified atom stereocenters. The largest absolute Gasteiger partial charge is 0.371 e. The summed E-state index contributed by atoms with van der Waals surface area (Å²) in [6.07, 6.45) is 0.550. The summed E-state index contributed by atoms with van der Waals surface area (Å²) in [6, 6.07) is 0. The lowest BCUT2D eigenvalue weighted by Crippen LogP contribution is -2.07. The van der Waals surface area contributed by atoms with E-state index in [4.69, 9.17) is 4.74 Å². The average molecular weight is 102 g/mol. The number of ether oxygens (including phenoxy) is 1. The van der Waals surface area contributed by atoms with Gasteiger partial charge in [-0.2, -0.15) is 0 Å². The van der Waals surface area contributed by atoms with Crippen LogP contribution in [-0.4, -0.2) is 19.0 Å². The second-order valence-electron chi connectivity index (χ2n) is 1.30. The van der Waals surface area contributed by atoms with E-state index in [-0.39, 0.29) is 6.10 Å². The SMILES string of the molecule is CCO[C@@H](C)C=O. The van der Waals surface area contributed by atoms with Crippen molar-refractivity contribution in [2.45, 2.75) is 20.0 Å². The van der Waals surface area contributed by atoms with Crippen molar-refractivity contribution < 1.29 is 9.53 Å². The Balaban J connectivity index is 2.98. The summed E-state index contributed by atoms with van der Waals surface area (Å²) in [5.74, 6) is 0. The van der Waals surface area contributed by atoms with E-state index >= 15 is 0 Å². The van der Waals surface area contributed by atoms with Crippen LogP contribution < -0.4 is 0 Å². The van der Waals surface area contributed by atoms with Gasteiger partial charge in [0.25, 0.3) is 0 Å². The molecule has 0 bridgehead atoms. The van der Waals surface area contributed by atoms with E-state index in [0.717, 1.165) is 6.29 Å². The standard InChI is InChI=1S/C5H10O2/c1-3-7-5(2)4-6/h4-5H,3H2,1-2H3/t5-/m0/s1. The third kappa shape index (κ3) is 3.46. The molecule has 0 spiro atoms. The summed E-state index contributed by atoms with van der Waals surface area (Å²) in [5.41, 5.74) is 0. The first-order valence-electron chi connectivity index (χ1n) is 2.38. The first-order chi connectivity index (χ1) is 3.31. The quantitative estimate of drug-likeness (QED) is 0.488. The van der Waals surface area contributed by atoms with Gasteiger partial charge in [0.05, 0.1) is 0 Å². The van der Waals surface area contributed by atoms with Gasteiger partial charge in [-0.1, -0.05) is 0 Å². The van der Waals surface area contributed by atoms with E-state index in [1.807, 2.05) is 6.92 Å². The van der Waals surface area contributed by atoms with Crippen LogP contribution in [0.25, 0.3) is 0 Å². The highest BCUT2D eigenvalue weighted by atomic mass is 16.5. The summed E-state index contributed by atoms with van der Waals surface area (Å²) in [5, 5.41) is 0. The van der Waals surface area contributed by atoms with Crippen LogP contribution in [0.3, 0.4) is 0 Å². The Morgan fingerprint density at radius 1 is 1.86 bits per heavy atom. The van der Waals surface area contributed by atoms with Gasteiger partial charge in [-0.25, -0.2) is 0 Å². The number of rotatable bonds is 3. The van der Waals surface area contributed by atoms with Gasteiger partial charge in [0.15, 0.2) is 0 Å². The fourth-order valence-electron chi connectivity index (χ4n) is 0.302. The minimum absolute atomic E-state index is 0.231. The molecule has 2 heteroatoms. The zero-order valence-electron chi connectivity index (χ0n) is 4.68. The van der Waals surface area contributed by atoms with Gasteiger partial charge < -0.3 is 9.53 Å². The third-order valence-electron chi connectivity index (χ3n) is 0.621. The molecule has 0 aliphatic heterocycles. The van der Waals surface area contributed by atoms with Gasteiger partial charge >= 0.3 is 0 Å². The van der Waals surface area contributed by atoms with Crippen LogP contribution in [0.15, 0.2) is 0 Å². The summed E-state index contributed by atoms with van der Waals surface area (Å²) in [4.78, 5) is 9.77. The van der Waals surface area contributed by atoms with Crippen LogP contribution in [-0.2, 0) is 9.53 Å². The molecular formula is C5H10O2. The highest BCUT2D eigenvalue weighted by molar-refractivity contribution is 5.54. The molecule has 2 nitrogen and oxygen atoms in total. The molecule has 0 saturated carbocycles. The average Bonchev–Trinajstić information content (AvgIpc) is 1.68. The molecule has 0 aromatic carbocycles. The maximum Gasteiger partial charge on any atom is 0.148 e. The zero-order valence-corrected chi connectivity index (χ0v) is 4.68. The van der Waals surface area contributed by atoms with Gasteiger partial charge in [0, 0.05) is 6.61 Å². The molecule has 0 aromatic heterocycles. The summed E-state index contributed by atoms with van der Waals surface area (Å²) >= 11 is 0. The molecule has 0 aliphatic carbocycles. The van der Waals surface area contributed by atoms with Crippen LogP contribution in [0.1, 0.15) is 13.8 Å². The van der Waals surface area contributed by atoms with E-state index in [1.54, 1.807) is 6.92 Å². The van der Waals surface area contributed by atoms with Crippen LogP contribution >= 0.6 is 0 Å². The minimum atomic E-state index is -0.231. The molecule has 0 heterocycles. The monoisotopic (exact) mass is 102 g/mol.